The van der Waals surface area contributed by atoms with Gasteiger partial charge in [0, 0.05) is 25.9 Å². The number of carboxylic acid groups (broad SMARTS) is 1. The quantitative estimate of drug-likeness (QED) is 0.852. The molecule has 0 aromatic carbocycles. The number of carbonyl (C=O) groups excluding carboxylic acids is 1. The normalized spacial score (nSPS) is 21.6. The molecule has 0 saturated carbocycles. The van der Waals surface area contributed by atoms with Crippen molar-refractivity contribution < 1.29 is 19.4 Å². The van der Waals surface area contributed by atoms with Gasteiger partial charge in [0.05, 0.1) is 19.3 Å². The van der Waals surface area contributed by atoms with E-state index < -0.39 is 11.9 Å². The second-order valence-corrected chi connectivity index (χ2v) is 4.92. The molecule has 2 atom stereocenters. The van der Waals surface area contributed by atoms with E-state index in [1.807, 2.05) is 12.1 Å². The highest BCUT2D eigenvalue weighted by Crippen LogP contribution is 2.20. The van der Waals surface area contributed by atoms with Gasteiger partial charge in [-0.05, 0) is 18.1 Å². The second-order valence-electron chi connectivity index (χ2n) is 4.92. The van der Waals surface area contributed by atoms with E-state index in [0.717, 1.165) is 5.56 Å². The van der Waals surface area contributed by atoms with Gasteiger partial charge in [0.2, 0.25) is 5.91 Å². The molecule has 108 valence electrons. The molecule has 1 fully saturated rings. The molecule has 2 unspecified atom stereocenters. The van der Waals surface area contributed by atoms with Crippen LogP contribution in [0.4, 0.5) is 0 Å². The Morgan fingerprint density at radius 3 is 2.95 bits per heavy atom. The van der Waals surface area contributed by atoms with Crippen LogP contribution in [0.25, 0.3) is 0 Å². The zero-order chi connectivity index (χ0) is 14.5. The maximum atomic E-state index is 12.1. The third-order valence-corrected chi connectivity index (χ3v) is 3.61. The van der Waals surface area contributed by atoms with Crippen LogP contribution in [0, 0.1) is 5.92 Å². The summed E-state index contributed by atoms with van der Waals surface area (Å²) < 4.78 is 5.18. The number of ether oxygens (including phenoxy) is 1. The number of rotatable bonds is 5. The van der Waals surface area contributed by atoms with E-state index in [9.17, 15) is 9.59 Å². The number of carbonyl (C=O) groups is 2. The van der Waals surface area contributed by atoms with Crippen LogP contribution in [0.5, 0.6) is 0 Å². The topological polar surface area (TPSA) is 79.7 Å². The van der Waals surface area contributed by atoms with Crippen LogP contribution in [0.1, 0.15) is 12.0 Å². The van der Waals surface area contributed by atoms with Gasteiger partial charge < -0.3 is 14.7 Å². The number of hydrogen-bond acceptors (Lipinski definition) is 4. The number of aromatic nitrogens is 1. The van der Waals surface area contributed by atoms with Crippen molar-refractivity contribution in [1.29, 1.82) is 0 Å². The molecule has 6 heteroatoms. The fourth-order valence-electron chi connectivity index (χ4n) is 2.32. The van der Waals surface area contributed by atoms with Crippen molar-refractivity contribution in [2.45, 2.75) is 18.9 Å². The van der Waals surface area contributed by atoms with E-state index in [0.29, 0.717) is 12.8 Å². The van der Waals surface area contributed by atoms with Gasteiger partial charge in [0.15, 0.2) is 0 Å². The summed E-state index contributed by atoms with van der Waals surface area (Å²) in [6.45, 7) is 0.451. The molecule has 1 aliphatic heterocycles. The highest BCUT2D eigenvalue weighted by molar-refractivity contribution is 5.78. The van der Waals surface area contributed by atoms with Crippen molar-refractivity contribution in [3.05, 3.63) is 30.1 Å². The Morgan fingerprint density at radius 2 is 2.30 bits per heavy atom. The van der Waals surface area contributed by atoms with Crippen LogP contribution < -0.4 is 0 Å². The standard InChI is InChI=1S/C14H18N2O4/c1-16(12-9-20-8-11(12)14(18)19)13(17)5-4-10-3-2-6-15-7-10/h2-3,6-7,11-12H,4-5,8-9H2,1H3,(H,18,19). The van der Waals surface area contributed by atoms with Crippen molar-refractivity contribution in [3.8, 4) is 0 Å². The summed E-state index contributed by atoms with van der Waals surface area (Å²) in [6, 6.07) is 3.36. The van der Waals surface area contributed by atoms with E-state index in [1.54, 1.807) is 19.4 Å². The first-order valence-corrected chi connectivity index (χ1v) is 6.54. The molecule has 20 heavy (non-hydrogen) atoms. The molecule has 0 spiro atoms. The summed E-state index contributed by atoms with van der Waals surface area (Å²) in [5.74, 6) is -1.63. The Balaban J connectivity index is 1.90. The van der Waals surface area contributed by atoms with E-state index in [1.165, 1.54) is 4.90 Å². The fraction of sp³-hybridized carbons (Fsp3) is 0.500. The number of pyridine rings is 1. The number of aryl methyl sites for hydroxylation is 1. The Kier molecular flexibility index (Phi) is 4.68. The lowest BCUT2D eigenvalue weighted by Crippen LogP contribution is -2.44. The van der Waals surface area contributed by atoms with Crippen molar-refractivity contribution in [3.63, 3.8) is 0 Å². The summed E-state index contributed by atoms with van der Waals surface area (Å²) >= 11 is 0. The van der Waals surface area contributed by atoms with Gasteiger partial charge in [0.1, 0.15) is 5.92 Å². The summed E-state index contributed by atoms with van der Waals surface area (Å²) in [7, 11) is 1.64. The van der Waals surface area contributed by atoms with E-state index >= 15 is 0 Å². The zero-order valence-corrected chi connectivity index (χ0v) is 11.4. The van der Waals surface area contributed by atoms with Crippen LogP contribution in [0.2, 0.25) is 0 Å². The molecule has 1 N–H and O–H groups in total. The minimum absolute atomic E-state index is 0.0735. The average Bonchev–Trinajstić information content (AvgIpc) is 2.94. The Hall–Kier alpha value is -1.95. The molecule has 2 rings (SSSR count). The van der Waals surface area contributed by atoms with Gasteiger partial charge in [-0.15, -0.1) is 0 Å². The molecule has 1 amide bonds. The summed E-state index contributed by atoms with van der Waals surface area (Å²) in [5, 5.41) is 9.10. The smallest absolute Gasteiger partial charge is 0.311 e. The van der Waals surface area contributed by atoms with E-state index in [-0.39, 0.29) is 25.2 Å². The molecule has 2 heterocycles. The Bertz CT molecular complexity index is 477. The monoisotopic (exact) mass is 278 g/mol. The minimum Gasteiger partial charge on any atom is -0.481 e. The Labute approximate surface area is 117 Å². The number of aliphatic carboxylic acids is 1. The molecule has 0 radical (unpaired) electrons. The first-order chi connectivity index (χ1) is 9.59. The van der Waals surface area contributed by atoms with Gasteiger partial charge in [0.25, 0.3) is 0 Å². The lowest BCUT2D eigenvalue weighted by atomic mass is 10.0. The summed E-state index contributed by atoms with van der Waals surface area (Å²) in [5.41, 5.74) is 0.992. The second kappa shape index (κ2) is 6.47. The van der Waals surface area contributed by atoms with E-state index in [2.05, 4.69) is 4.98 Å². The molecule has 1 aromatic heterocycles. The molecular weight excluding hydrogens is 260 g/mol. The molecule has 6 nitrogen and oxygen atoms in total. The number of likely N-dealkylation sites (N-methyl/N-ethyl adjacent to an activating group) is 1. The van der Waals surface area contributed by atoms with Gasteiger partial charge in [-0.25, -0.2) is 0 Å². The highest BCUT2D eigenvalue weighted by atomic mass is 16.5. The number of amides is 1. The molecule has 1 aromatic rings. The third kappa shape index (κ3) is 3.33. The number of carboxylic acids is 1. The maximum absolute atomic E-state index is 12.1. The first-order valence-electron chi connectivity index (χ1n) is 6.54. The average molecular weight is 278 g/mol. The lowest BCUT2D eigenvalue weighted by molar-refractivity contribution is -0.144. The summed E-state index contributed by atoms with van der Waals surface area (Å²) in [6.07, 6.45) is 4.35. The molecule has 0 bridgehead atoms. The SMILES string of the molecule is CN(C(=O)CCc1cccnc1)C1COCC1C(=O)O. The first kappa shape index (κ1) is 14.5. The van der Waals surface area contributed by atoms with Crippen molar-refractivity contribution in [1.82, 2.24) is 9.88 Å². The van der Waals surface area contributed by atoms with Crippen LogP contribution in [-0.4, -0.2) is 53.2 Å². The Morgan fingerprint density at radius 1 is 1.50 bits per heavy atom. The highest BCUT2D eigenvalue weighted by Gasteiger charge is 2.38. The van der Waals surface area contributed by atoms with Crippen molar-refractivity contribution >= 4 is 11.9 Å². The maximum Gasteiger partial charge on any atom is 0.311 e. The van der Waals surface area contributed by atoms with Crippen LogP contribution >= 0.6 is 0 Å². The number of nitrogens with zero attached hydrogens (tertiary/aromatic N) is 2. The molecule has 1 aliphatic rings. The molecule has 1 saturated heterocycles. The largest absolute Gasteiger partial charge is 0.481 e. The third-order valence-electron chi connectivity index (χ3n) is 3.61. The van der Waals surface area contributed by atoms with Gasteiger partial charge in [-0.2, -0.15) is 0 Å². The van der Waals surface area contributed by atoms with Gasteiger partial charge in [-0.1, -0.05) is 6.07 Å². The van der Waals surface area contributed by atoms with Crippen LogP contribution in [0.15, 0.2) is 24.5 Å². The predicted molar refractivity (Wildman–Crippen MR) is 71.1 cm³/mol. The van der Waals surface area contributed by atoms with Gasteiger partial charge >= 0.3 is 5.97 Å². The van der Waals surface area contributed by atoms with Crippen LogP contribution in [-0.2, 0) is 20.7 Å². The van der Waals surface area contributed by atoms with E-state index in [4.69, 9.17) is 9.84 Å². The summed E-state index contributed by atoms with van der Waals surface area (Å²) in [4.78, 5) is 28.7. The fourth-order valence-corrected chi connectivity index (χ4v) is 2.32. The number of hydrogen-bond donors (Lipinski definition) is 1. The van der Waals surface area contributed by atoms with Crippen LogP contribution in [0.3, 0.4) is 0 Å². The van der Waals surface area contributed by atoms with Gasteiger partial charge in [-0.3, -0.25) is 14.6 Å². The lowest BCUT2D eigenvalue weighted by Gasteiger charge is -2.26. The minimum atomic E-state index is -0.917. The predicted octanol–water partition coefficient (Wildman–Crippen LogP) is 0.572. The zero-order valence-electron chi connectivity index (χ0n) is 11.4. The molecule has 0 aliphatic carbocycles. The van der Waals surface area contributed by atoms with Crippen molar-refractivity contribution in [2.24, 2.45) is 5.92 Å². The molecular formula is C14H18N2O4. The van der Waals surface area contributed by atoms with Crippen molar-refractivity contribution in [2.75, 3.05) is 20.3 Å².